The summed E-state index contributed by atoms with van der Waals surface area (Å²) >= 11 is 0. The molecule has 0 aromatic heterocycles. The predicted molar refractivity (Wildman–Crippen MR) is 78.3 cm³/mol. The maximum absolute atomic E-state index is 11.8. The molecule has 4 unspecified atom stereocenters. The molecule has 4 atom stereocenters. The van der Waals surface area contributed by atoms with Crippen molar-refractivity contribution in [2.24, 2.45) is 0 Å². The first-order valence-corrected chi connectivity index (χ1v) is 8.59. The first kappa shape index (κ1) is 17.4. The minimum absolute atomic E-state index is 0.0701. The lowest BCUT2D eigenvalue weighted by Crippen LogP contribution is -2.58. The lowest BCUT2D eigenvalue weighted by Gasteiger charge is -2.36. The molecule has 8 nitrogen and oxygen atoms in total. The summed E-state index contributed by atoms with van der Waals surface area (Å²) in [6.45, 7) is 1.05. The molecule has 5 N–H and O–H groups in total. The average molecular weight is 339 g/mol. The largest absolute Gasteiger partial charge is 0.477 e. The molecular formula is C10H18BNO7S2. The third-order valence-corrected chi connectivity index (χ3v) is 6.27. The standard InChI is InChI=1S/C10H18BNO7S2/c1-10(20-21-10)9(17)12-4-11-18-3-6(15)8(19-11)7(16)5(14)2-13/h5-8,13-16H,2-4H2,1H3,(H,12,17). The maximum Gasteiger partial charge on any atom is 0.477 e. The van der Waals surface area contributed by atoms with Gasteiger partial charge in [0.05, 0.1) is 25.8 Å². The van der Waals surface area contributed by atoms with Crippen LogP contribution in [0.25, 0.3) is 0 Å². The molecular weight excluding hydrogens is 321 g/mol. The molecule has 1 amide bonds. The summed E-state index contributed by atoms with van der Waals surface area (Å²) in [6, 6.07) is 0. The summed E-state index contributed by atoms with van der Waals surface area (Å²) in [5, 5.41) is 40.4. The molecule has 2 aliphatic rings. The monoisotopic (exact) mass is 339 g/mol. The van der Waals surface area contributed by atoms with E-state index in [1.165, 1.54) is 21.6 Å². The zero-order valence-corrected chi connectivity index (χ0v) is 13.0. The van der Waals surface area contributed by atoms with Crippen LogP contribution in [0.1, 0.15) is 6.92 Å². The van der Waals surface area contributed by atoms with Crippen molar-refractivity contribution in [3.63, 3.8) is 0 Å². The fourth-order valence-corrected chi connectivity index (χ4v) is 3.07. The summed E-state index contributed by atoms with van der Waals surface area (Å²) in [6.07, 6.45) is -5.01. The van der Waals surface area contributed by atoms with Gasteiger partial charge in [0.15, 0.2) is 4.08 Å². The number of rotatable bonds is 6. The molecule has 0 radical (unpaired) electrons. The fourth-order valence-electron chi connectivity index (χ4n) is 1.82. The highest BCUT2D eigenvalue weighted by molar-refractivity contribution is 8.94. The SMILES string of the molecule is CC1(C(=O)NCB2OCC(O)C(C(O)C(O)CO)O2)SS1. The molecule has 0 aromatic rings. The molecule has 0 bridgehead atoms. The first-order chi connectivity index (χ1) is 9.87. The van der Waals surface area contributed by atoms with Gasteiger partial charge in [-0.1, -0.05) is 21.6 Å². The summed E-state index contributed by atoms with van der Waals surface area (Å²) in [5.74, 6) is -0.150. The van der Waals surface area contributed by atoms with E-state index in [-0.39, 0.29) is 19.0 Å². The van der Waals surface area contributed by atoms with Crippen LogP contribution < -0.4 is 5.32 Å². The molecule has 120 valence electrons. The van der Waals surface area contributed by atoms with Crippen LogP contribution in [0.3, 0.4) is 0 Å². The smallest absolute Gasteiger partial charge is 0.407 e. The van der Waals surface area contributed by atoms with E-state index in [0.29, 0.717) is 0 Å². The van der Waals surface area contributed by atoms with Crippen LogP contribution in [-0.4, -0.2) is 81.6 Å². The van der Waals surface area contributed by atoms with Gasteiger partial charge in [0.2, 0.25) is 5.91 Å². The van der Waals surface area contributed by atoms with Crippen molar-refractivity contribution in [2.45, 2.75) is 35.4 Å². The molecule has 2 heterocycles. The van der Waals surface area contributed by atoms with E-state index in [4.69, 9.17) is 14.4 Å². The van der Waals surface area contributed by atoms with Crippen LogP contribution in [0.4, 0.5) is 0 Å². The predicted octanol–water partition coefficient (Wildman–Crippen LogP) is -2.27. The zero-order valence-electron chi connectivity index (χ0n) is 11.3. The molecule has 0 saturated carbocycles. The van der Waals surface area contributed by atoms with Gasteiger partial charge in [0.1, 0.15) is 18.3 Å². The van der Waals surface area contributed by atoms with E-state index >= 15 is 0 Å². The molecule has 0 aliphatic carbocycles. The van der Waals surface area contributed by atoms with Crippen molar-refractivity contribution >= 4 is 34.6 Å². The van der Waals surface area contributed by atoms with Crippen LogP contribution >= 0.6 is 21.6 Å². The highest BCUT2D eigenvalue weighted by atomic mass is 33.2. The summed E-state index contributed by atoms with van der Waals surface area (Å²) in [7, 11) is 2.09. The van der Waals surface area contributed by atoms with E-state index in [1.807, 2.05) is 0 Å². The van der Waals surface area contributed by atoms with Crippen LogP contribution in [0, 0.1) is 0 Å². The molecule has 0 spiro atoms. The van der Waals surface area contributed by atoms with Crippen molar-refractivity contribution in [3.8, 4) is 0 Å². The number of nitrogens with one attached hydrogen (secondary N) is 1. The molecule has 2 rings (SSSR count). The number of hydrogen-bond acceptors (Lipinski definition) is 9. The van der Waals surface area contributed by atoms with Gasteiger partial charge in [-0.3, -0.25) is 4.79 Å². The summed E-state index contributed by atoms with van der Waals surface area (Å²) in [5.41, 5.74) is 0. The number of aliphatic hydroxyl groups is 4. The Morgan fingerprint density at radius 2 is 2.19 bits per heavy atom. The summed E-state index contributed by atoms with van der Waals surface area (Å²) in [4.78, 5) is 11.8. The van der Waals surface area contributed by atoms with Crippen molar-refractivity contribution in [3.05, 3.63) is 0 Å². The maximum atomic E-state index is 11.8. The summed E-state index contributed by atoms with van der Waals surface area (Å²) < 4.78 is 10.1. The molecule has 2 saturated heterocycles. The Morgan fingerprint density at radius 1 is 1.52 bits per heavy atom. The minimum Gasteiger partial charge on any atom is -0.407 e. The Morgan fingerprint density at radius 3 is 2.76 bits per heavy atom. The van der Waals surface area contributed by atoms with Gasteiger partial charge in [-0.15, -0.1) is 0 Å². The number of carbonyl (C=O) groups is 1. The molecule has 2 fully saturated rings. The number of aliphatic hydroxyl groups excluding tert-OH is 4. The van der Waals surface area contributed by atoms with E-state index < -0.39 is 42.2 Å². The van der Waals surface area contributed by atoms with Crippen LogP contribution in [0.15, 0.2) is 0 Å². The molecule has 0 aromatic carbocycles. The van der Waals surface area contributed by atoms with Crippen LogP contribution in [-0.2, 0) is 14.1 Å². The van der Waals surface area contributed by atoms with E-state index in [1.54, 1.807) is 6.92 Å². The van der Waals surface area contributed by atoms with E-state index in [2.05, 4.69) is 5.32 Å². The fraction of sp³-hybridized carbons (Fsp3) is 0.900. The van der Waals surface area contributed by atoms with Crippen molar-refractivity contribution in [1.29, 1.82) is 0 Å². The normalized spacial score (nSPS) is 30.6. The molecule has 2 aliphatic heterocycles. The Bertz CT molecular complexity index is 386. The van der Waals surface area contributed by atoms with Gasteiger partial charge >= 0.3 is 7.12 Å². The third-order valence-electron chi connectivity index (χ3n) is 3.23. The second-order valence-corrected chi connectivity index (χ2v) is 8.22. The topological polar surface area (TPSA) is 128 Å². The number of carbonyl (C=O) groups excluding carboxylic acids is 1. The molecule has 21 heavy (non-hydrogen) atoms. The van der Waals surface area contributed by atoms with Gasteiger partial charge in [-0.05, 0) is 6.92 Å². The lowest BCUT2D eigenvalue weighted by atomic mass is 9.85. The van der Waals surface area contributed by atoms with Crippen LogP contribution in [0.2, 0.25) is 0 Å². The van der Waals surface area contributed by atoms with Gasteiger partial charge in [-0.25, -0.2) is 0 Å². The van der Waals surface area contributed by atoms with Crippen LogP contribution in [0.5, 0.6) is 0 Å². The van der Waals surface area contributed by atoms with E-state index in [9.17, 15) is 20.1 Å². The third kappa shape index (κ3) is 4.26. The van der Waals surface area contributed by atoms with Gasteiger partial charge in [-0.2, -0.15) is 0 Å². The Balaban J connectivity index is 1.83. The Hall–Kier alpha value is -0.00506. The van der Waals surface area contributed by atoms with Gasteiger partial charge in [0.25, 0.3) is 0 Å². The zero-order chi connectivity index (χ0) is 15.6. The highest BCUT2D eigenvalue weighted by Gasteiger charge is 2.49. The molecule has 11 heteroatoms. The van der Waals surface area contributed by atoms with Crippen molar-refractivity contribution in [1.82, 2.24) is 5.32 Å². The second-order valence-electron chi connectivity index (χ2n) is 4.99. The van der Waals surface area contributed by atoms with Crippen molar-refractivity contribution < 1.29 is 34.5 Å². The second kappa shape index (κ2) is 7.05. The Kier molecular flexibility index (Phi) is 5.82. The minimum atomic E-state index is -1.45. The lowest BCUT2D eigenvalue weighted by molar-refractivity contribution is -0.138. The number of hydrogen-bond donors (Lipinski definition) is 5. The number of amides is 1. The Labute approximate surface area is 130 Å². The van der Waals surface area contributed by atoms with Gasteiger partial charge < -0.3 is 35.1 Å². The quantitative estimate of drug-likeness (QED) is 0.207. The van der Waals surface area contributed by atoms with Crippen molar-refractivity contribution in [2.75, 3.05) is 19.7 Å². The van der Waals surface area contributed by atoms with Gasteiger partial charge in [0, 0.05) is 0 Å². The average Bonchev–Trinajstić information content (AvgIpc) is 3.23. The first-order valence-electron chi connectivity index (χ1n) is 6.44. The highest BCUT2D eigenvalue weighted by Crippen LogP contribution is 2.64. The van der Waals surface area contributed by atoms with E-state index in [0.717, 1.165) is 0 Å².